The molecule has 2 heterocycles. The average Bonchev–Trinajstić information content (AvgIpc) is 3.10. The zero-order chi connectivity index (χ0) is 17.6. The second-order valence-electron chi connectivity index (χ2n) is 5.93. The maximum Gasteiger partial charge on any atom is 0.222 e. The van der Waals surface area contributed by atoms with Gasteiger partial charge in [0, 0.05) is 30.1 Å². The van der Waals surface area contributed by atoms with Gasteiger partial charge in [-0.2, -0.15) is 5.10 Å². The highest BCUT2D eigenvalue weighted by Gasteiger charge is 2.26. The number of aromatic amines is 1. The molecular formula is C18H22ClN3O3. The molecule has 0 aliphatic carbocycles. The predicted octanol–water partition coefficient (Wildman–Crippen LogP) is 2.99. The summed E-state index contributed by atoms with van der Waals surface area (Å²) in [6, 6.07) is 9.31. The van der Waals surface area contributed by atoms with Crippen LogP contribution in [-0.4, -0.2) is 47.3 Å². The molecule has 0 bridgehead atoms. The van der Waals surface area contributed by atoms with Crippen LogP contribution in [0.1, 0.15) is 30.8 Å². The van der Waals surface area contributed by atoms with E-state index in [-0.39, 0.29) is 12.0 Å². The summed E-state index contributed by atoms with van der Waals surface area (Å²) in [4.78, 5) is 13.7. The molecule has 0 radical (unpaired) electrons. The Morgan fingerprint density at radius 2 is 2.36 bits per heavy atom. The second kappa shape index (κ2) is 8.36. The molecule has 134 valence electrons. The molecule has 0 spiro atoms. The number of carbonyl (C=O) groups excluding carboxylic acids is 1. The van der Waals surface area contributed by atoms with Crippen LogP contribution < -0.4 is 4.74 Å². The number of aromatic nitrogens is 2. The zero-order valence-electron chi connectivity index (χ0n) is 14.2. The van der Waals surface area contributed by atoms with Gasteiger partial charge in [0.15, 0.2) is 0 Å². The highest BCUT2D eigenvalue weighted by molar-refractivity contribution is 6.30. The number of hydrogen-bond acceptors (Lipinski definition) is 4. The van der Waals surface area contributed by atoms with Crippen LogP contribution in [0.4, 0.5) is 0 Å². The molecule has 1 atom stereocenters. The van der Waals surface area contributed by atoms with Crippen LogP contribution >= 0.6 is 11.6 Å². The number of nitrogens with zero attached hydrogens (tertiary/aromatic N) is 2. The van der Waals surface area contributed by atoms with E-state index in [0.717, 1.165) is 17.1 Å². The van der Waals surface area contributed by atoms with Crippen molar-refractivity contribution in [2.24, 2.45) is 0 Å². The summed E-state index contributed by atoms with van der Waals surface area (Å²) in [7, 11) is 0. The summed E-state index contributed by atoms with van der Waals surface area (Å²) in [5.41, 5.74) is 1.80. The number of nitrogens with one attached hydrogen (secondary N) is 1. The smallest absolute Gasteiger partial charge is 0.222 e. The van der Waals surface area contributed by atoms with E-state index in [0.29, 0.717) is 44.2 Å². The average molecular weight is 364 g/mol. The summed E-state index contributed by atoms with van der Waals surface area (Å²) in [5.74, 6) is 0.899. The molecule has 1 aliphatic heterocycles. The molecule has 1 aliphatic rings. The summed E-state index contributed by atoms with van der Waals surface area (Å²) in [5, 5.41) is 8.01. The molecule has 25 heavy (non-hydrogen) atoms. The van der Waals surface area contributed by atoms with Gasteiger partial charge in [-0.15, -0.1) is 0 Å². The number of morpholine rings is 1. The van der Waals surface area contributed by atoms with Crippen LogP contribution in [0.2, 0.25) is 5.02 Å². The fourth-order valence-corrected chi connectivity index (χ4v) is 2.97. The summed E-state index contributed by atoms with van der Waals surface area (Å²) in [6.45, 7) is 4.13. The first kappa shape index (κ1) is 17.8. The lowest BCUT2D eigenvalue weighted by Crippen LogP contribution is -2.42. The lowest BCUT2D eigenvalue weighted by molar-refractivity contribution is -0.138. The molecule has 1 amide bonds. The van der Waals surface area contributed by atoms with E-state index in [4.69, 9.17) is 21.1 Å². The van der Waals surface area contributed by atoms with E-state index in [2.05, 4.69) is 10.2 Å². The second-order valence-corrected chi connectivity index (χ2v) is 6.36. The first-order valence-electron chi connectivity index (χ1n) is 8.47. The number of H-pyrrole nitrogens is 1. The third-order valence-electron chi connectivity index (χ3n) is 4.14. The van der Waals surface area contributed by atoms with E-state index < -0.39 is 0 Å². The third kappa shape index (κ3) is 4.74. The van der Waals surface area contributed by atoms with Crippen LogP contribution in [0.3, 0.4) is 0 Å². The molecule has 2 aromatic rings. The van der Waals surface area contributed by atoms with Crippen LogP contribution in [0.25, 0.3) is 0 Å². The van der Waals surface area contributed by atoms with Crippen molar-refractivity contribution in [1.29, 1.82) is 0 Å². The Kier molecular flexibility index (Phi) is 5.94. The van der Waals surface area contributed by atoms with Crippen LogP contribution in [0.5, 0.6) is 5.75 Å². The Morgan fingerprint density at radius 1 is 1.48 bits per heavy atom. The van der Waals surface area contributed by atoms with E-state index >= 15 is 0 Å². The molecule has 6 nitrogen and oxygen atoms in total. The van der Waals surface area contributed by atoms with E-state index in [1.807, 2.05) is 36.1 Å². The van der Waals surface area contributed by atoms with Gasteiger partial charge in [0.1, 0.15) is 11.9 Å². The van der Waals surface area contributed by atoms with Crippen molar-refractivity contribution in [3.8, 4) is 5.75 Å². The number of rotatable bonds is 6. The largest absolute Gasteiger partial charge is 0.493 e. The SMILES string of the molecule is CCC(=O)N1CCO[C@@H](c2cc(CCOc3cccc(Cl)c3)[nH]n2)C1. The molecule has 1 N–H and O–H groups in total. The van der Waals surface area contributed by atoms with Crippen LogP contribution in [0, 0.1) is 0 Å². The number of carbonyl (C=O) groups is 1. The molecule has 0 saturated carbocycles. The standard InChI is InChI=1S/C18H22ClN3O3/c1-2-18(23)22-7-9-25-17(12-22)16-11-14(20-21-16)6-8-24-15-5-3-4-13(19)10-15/h3-5,10-11,17H,2,6-9,12H2,1H3,(H,20,21)/t17-/m1/s1. The van der Waals surface area contributed by atoms with Gasteiger partial charge in [0.2, 0.25) is 5.91 Å². The van der Waals surface area contributed by atoms with E-state index in [1.165, 1.54) is 0 Å². The lowest BCUT2D eigenvalue weighted by atomic mass is 10.1. The van der Waals surface area contributed by atoms with Crippen LogP contribution in [-0.2, 0) is 16.0 Å². The van der Waals surface area contributed by atoms with Crippen molar-refractivity contribution in [2.75, 3.05) is 26.3 Å². The lowest BCUT2D eigenvalue weighted by Gasteiger charge is -2.32. The minimum Gasteiger partial charge on any atom is -0.493 e. The quantitative estimate of drug-likeness (QED) is 0.856. The van der Waals surface area contributed by atoms with Gasteiger partial charge in [-0.3, -0.25) is 9.89 Å². The molecular weight excluding hydrogens is 342 g/mol. The van der Waals surface area contributed by atoms with Crippen molar-refractivity contribution >= 4 is 17.5 Å². The van der Waals surface area contributed by atoms with Gasteiger partial charge < -0.3 is 14.4 Å². The number of amides is 1. The molecule has 7 heteroatoms. The molecule has 0 unspecified atom stereocenters. The minimum absolute atomic E-state index is 0.152. The third-order valence-corrected chi connectivity index (χ3v) is 4.37. The Bertz CT molecular complexity index is 719. The van der Waals surface area contributed by atoms with Crippen molar-refractivity contribution in [3.05, 3.63) is 46.7 Å². The van der Waals surface area contributed by atoms with Crippen molar-refractivity contribution in [3.63, 3.8) is 0 Å². The maximum absolute atomic E-state index is 11.9. The predicted molar refractivity (Wildman–Crippen MR) is 94.8 cm³/mol. The number of benzene rings is 1. The summed E-state index contributed by atoms with van der Waals surface area (Å²) in [6.07, 6.45) is 1.03. The van der Waals surface area contributed by atoms with Crippen molar-refractivity contribution < 1.29 is 14.3 Å². The Labute approximate surface area is 152 Å². The number of ether oxygens (including phenoxy) is 2. The van der Waals surface area contributed by atoms with Gasteiger partial charge in [0.05, 0.1) is 25.5 Å². The summed E-state index contributed by atoms with van der Waals surface area (Å²) < 4.78 is 11.5. The van der Waals surface area contributed by atoms with Gasteiger partial charge in [-0.25, -0.2) is 0 Å². The first-order valence-corrected chi connectivity index (χ1v) is 8.85. The zero-order valence-corrected chi connectivity index (χ0v) is 15.0. The molecule has 1 saturated heterocycles. The van der Waals surface area contributed by atoms with Gasteiger partial charge in [-0.05, 0) is 24.3 Å². The van der Waals surface area contributed by atoms with E-state index in [1.54, 1.807) is 6.07 Å². The Morgan fingerprint density at radius 3 is 3.16 bits per heavy atom. The highest BCUT2D eigenvalue weighted by Crippen LogP contribution is 2.22. The fraction of sp³-hybridized carbons (Fsp3) is 0.444. The Balaban J connectivity index is 1.52. The van der Waals surface area contributed by atoms with Crippen molar-refractivity contribution in [2.45, 2.75) is 25.9 Å². The van der Waals surface area contributed by atoms with Gasteiger partial charge in [0.25, 0.3) is 0 Å². The van der Waals surface area contributed by atoms with Gasteiger partial charge >= 0.3 is 0 Å². The molecule has 1 fully saturated rings. The van der Waals surface area contributed by atoms with Gasteiger partial charge in [-0.1, -0.05) is 24.6 Å². The topological polar surface area (TPSA) is 67.5 Å². The molecule has 1 aromatic heterocycles. The number of hydrogen-bond donors (Lipinski definition) is 1. The van der Waals surface area contributed by atoms with Crippen LogP contribution in [0.15, 0.2) is 30.3 Å². The molecule has 1 aromatic carbocycles. The van der Waals surface area contributed by atoms with E-state index in [9.17, 15) is 4.79 Å². The number of halogens is 1. The Hall–Kier alpha value is -2.05. The normalized spacial score (nSPS) is 17.5. The maximum atomic E-state index is 11.9. The summed E-state index contributed by atoms with van der Waals surface area (Å²) >= 11 is 5.94. The van der Waals surface area contributed by atoms with Crippen molar-refractivity contribution in [1.82, 2.24) is 15.1 Å². The minimum atomic E-state index is -0.178. The first-order chi connectivity index (χ1) is 12.2. The fourth-order valence-electron chi connectivity index (χ4n) is 2.79. The highest BCUT2D eigenvalue weighted by atomic mass is 35.5. The monoisotopic (exact) mass is 363 g/mol. The molecule has 3 rings (SSSR count).